The van der Waals surface area contributed by atoms with E-state index in [2.05, 4.69) is 28.1 Å². The second kappa shape index (κ2) is 4.69. The second-order valence-electron chi connectivity index (χ2n) is 6.09. The van der Waals surface area contributed by atoms with Crippen molar-refractivity contribution >= 4 is 21.9 Å². The smallest absolute Gasteiger partial charge is 0.312 e. The van der Waals surface area contributed by atoms with Gasteiger partial charge in [-0.2, -0.15) is 0 Å². The predicted molar refractivity (Wildman–Crippen MR) is 75.4 cm³/mol. The monoisotopic (exact) mass is 310 g/mol. The molecule has 98 valence electrons. The molecule has 1 saturated carbocycles. The summed E-state index contributed by atoms with van der Waals surface area (Å²) < 4.78 is 6.57. The molecule has 0 N–H and O–H groups in total. The molecule has 1 aromatic rings. The Kier molecular flexibility index (Phi) is 3.54. The van der Waals surface area contributed by atoms with E-state index < -0.39 is 5.60 Å². The predicted octanol–water partition coefficient (Wildman–Crippen LogP) is 4.11. The number of esters is 1. The number of ether oxygens (including phenoxy) is 1. The zero-order valence-corrected chi connectivity index (χ0v) is 12.7. The van der Waals surface area contributed by atoms with Crippen LogP contribution in [0.25, 0.3) is 0 Å². The van der Waals surface area contributed by atoms with Crippen LogP contribution in [-0.2, 0) is 16.0 Å². The Morgan fingerprint density at radius 2 is 2.06 bits per heavy atom. The molecule has 2 rings (SSSR count). The van der Waals surface area contributed by atoms with Gasteiger partial charge in [0.15, 0.2) is 0 Å². The van der Waals surface area contributed by atoms with Gasteiger partial charge in [0.1, 0.15) is 5.60 Å². The van der Waals surface area contributed by atoms with Gasteiger partial charge in [0.25, 0.3) is 0 Å². The quantitative estimate of drug-likeness (QED) is 0.785. The van der Waals surface area contributed by atoms with Gasteiger partial charge in [-0.05, 0) is 57.7 Å². The lowest BCUT2D eigenvalue weighted by molar-refractivity contribution is -0.161. The number of hydrogen-bond acceptors (Lipinski definition) is 2. The molecule has 0 unspecified atom stereocenters. The number of hydrogen-bond donors (Lipinski definition) is 0. The van der Waals surface area contributed by atoms with Crippen molar-refractivity contribution in [3.63, 3.8) is 0 Å². The minimum absolute atomic E-state index is 0.0463. The Morgan fingerprint density at radius 1 is 1.39 bits per heavy atom. The molecule has 2 nitrogen and oxygen atoms in total. The first kappa shape index (κ1) is 13.6. The van der Waals surface area contributed by atoms with E-state index in [1.165, 1.54) is 5.56 Å². The molecule has 1 aliphatic carbocycles. The van der Waals surface area contributed by atoms with E-state index in [4.69, 9.17) is 4.74 Å². The van der Waals surface area contributed by atoms with E-state index in [9.17, 15) is 4.79 Å². The first-order valence-electron chi connectivity index (χ1n) is 6.29. The Balaban J connectivity index is 2.07. The summed E-state index contributed by atoms with van der Waals surface area (Å²) in [6.07, 6.45) is 2.66. The van der Waals surface area contributed by atoms with Gasteiger partial charge >= 0.3 is 5.97 Å². The zero-order chi connectivity index (χ0) is 13.4. The molecule has 0 amide bonds. The topological polar surface area (TPSA) is 26.3 Å². The van der Waals surface area contributed by atoms with E-state index >= 15 is 0 Å². The molecule has 0 aliphatic heterocycles. The van der Waals surface area contributed by atoms with Crippen molar-refractivity contribution in [1.82, 2.24) is 0 Å². The maximum absolute atomic E-state index is 12.2. The molecule has 0 spiro atoms. The summed E-state index contributed by atoms with van der Waals surface area (Å²) in [5.41, 5.74) is 0.519. The summed E-state index contributed by atoms with van der Waals surface area (Å²) >= 11 is 3.46. The van der Waals surface area contributed by atoms with Gasteiger partial charge in [-0.3, -0.25) is 4.79 Å². The average molecular weight is 311 g/mol. The normalized spacial score (nSPS) is 17.3. The van der Waals surface area contributed by atoms with Gasteiger partial charge in [0, 0.05) is 4.47 Å². The van der Waals surface area contributed by atoms with Crippen LogP contribution in [0.1, 0.15) is 39.2 Å². The summed E-state index contributed by atoms with van der Waals surface area (Å²) in [4.78, 5) is 12.2. The molecule has 1 aliphatic rings. The van der Waals surface area contributed by atoms with Gasteiger partial charge < -0.3 is 4.74 Å². The fourth-order valence-corrected chi connectivity index (χ4v) is 2.47. The van der Waals surface area contributed by atoms with Gasteiger partial charge in [-0.1, -0.05) is 28.1 Å². The van der Waals surface area contributed by atoms with Crippen LogP contribution < -0.4 is 0 Å². The van der Waals surface area contributed by atoms with Crippen LogP contribution in [0.4, 0.5) is 0 Å². The molecule has 1 fully saturated rings. The van der Waals surface area contributed by atoms with Crippen molar-refractivity contribution in [1.29, 1.82) is 0 Å². The molecule has 0 saturated heterocycles. The van der Waals surface area contributed by atoms with E-state index in [1.807, 2.05) is 32.9 Å². The second-order valence-corrected chi connectivity index (χ2v) is 7.00. The molecule has 0 aromatic heterocycles. The molecule has 0 radical (unpaired) electrons. The molecule has 0 bridgehead atoms. The van der Waals surface area contributed by atoms with E-state index in [0.717, 1.165) is 23.7 Å². The third-order valence-corrected chi connectivity index (χ3v) is 3.61. The molecule has 1 aromatic carbocycles. The van der Waals surface area contributed by atoms with Crippen molar-refractivity contribution in [2.75, 3.05) is 0 Å². The SMILES string of the molecule is CC(C)(C)OC(=O)C1(Cc2cccc(Br)c2)CC1. The summed E-state index contributed by atoms with van der Waals surface area (Å²) in [6, 6.07) is 8.14. The summed E-state index contributed by atoms with van der Waals surface area (Å²) in [5.74, 6) is -0.0463. The molecular weight excluding hydrogens is 292 g/mol. The van der Waals surface area contributed by atoms with Crippen LogP contribution in [0, 0.1) is 5.41 Å². The fourth-order valence-electron chi connectivity index (χ4n) is 2.03. The lowest BCUT2D eigenvalue weighted by atomic mass is 9.96. The van der Waals surface area contributed by atoms with Crippen molar-refractivity contribution < 1.29 is 9.53 Å². The minimum atomic E-state index is -0.399. The van der Waals surface area contributed by atoms with Crippen LogP contribution in [0.2, 0.25) is 0 Å². The van der Waals surface area contributed by atoms with Crippen molar-refractivity contribution in [2.24, 2.45) is 5.41 Å². The number of carbonyl (C=O) groups excluding carboxylic acids is 1. The van der Waals surface area contributed by atoms with Gasteiger partial charge in [-0.15, -0.1) is 0 Å². The highest BCUT2D eigenvalue weighted by molar-refractivity contribution is 9.10. The maximum atomic E-state index is 12.2. The number of benzene rings is 1. The number of carbonyl (C=O) groups is 1. The van der Waals surface area contributed by atoms with Crippen LogP contribution >= 0.6 is 15.9 Å². The van der Waals surface area contributed by atoms with Crippen LogP contribution in [0.3, 0.4) is 0 Å². The van der Waals surface area contributed by atoms with E-state index in [0.29, 0.717) is 0 Å². The largest absolute Gasteiger partial charge is 0.460 e. The summed E-state index contributed by atoms with van der Waals surface area (Å²) in [7, 11) is 0. The summed E-state index contributed by atoms with van der Waals surface area (Å²) in [5, 5.41) is 0. The van der Waals surface area contributed by atoms with Gasteiger partial charge in [0.2, 0.25) is 0 Å². The third-order valence-electron chi connectivity index (χ3n) is 3.12. The third kappa shape index (κ3) is 3.35. The number of halogens is 1. The van der Waals surface area contributed by atoms with Crippen LogP contribution in [0.15, 0.2) is 28.7 Å². The van der Waals surface area contributed by atoms with Crippen molar-refractivity contribution in [3.05, 3.63) is 34.3 Å². The highest BCUT2D eigenvalue weighted by Gasteiger charge is 2.52. The first-order valence-corrected chi connectivity index (χ1v) is 7.08. The Bertz CT molecular complexity index is 456. The fraction of sp³-hybridized carbons (Fsp3) is 0.533. The maximum Gasteiger partial charge on any atom is 0.312 e. The Morgan fingerprint density at radius 3 is 2.56 bits per heavy atom. The van der Waals surface area contributed by atoms with E-state index in [1.54, 1.807) is 0 Å². The standard InChI is InChI=1S/C15H19BrO2/c1-14(2,3)18-13(17)15(7-8-15)10-11-5-4-6-12(16)9-11/h4-6,9H,7-8,10H2,1-3H3. The summed E-state index contributed by atoms with van der Waals surface area (Å²) in [6.45, 7) is 5.75. The van der Waals surface area contributed by atoms with E-state index in [-0.39, 0.29) is 11.4 Å². The Labute approximate surface area is 117 Å². The highest BCUT2D eigenvalue weighted by atomic mass is 79.9. The van der Waals surface area contributed by atoms with Crippen molar-refractivity contribution in [3.8, 4) is 0 Å². The van der Waals surface area contributed by atoms with Crippen LogP contribution in [0.5, 0.6) is 0 Å². The van der Waals surface area contributed by atoms with Gasteiger partial charge in [-0.25, -0.2) is 0 Å². The molecule has 18 heavy (non-hydrogen) atoms. The molecule has 3 heteroatoms. The minimum Gasteiger partial charge on any atom is -0.460 e. The van der Waals surface area contributed by atoms with Crippen LogP contribution in [-0.4, -0.2) is 11.6 Å². The lowest BCUT2D eigenvalue weighted by Crippen LogP contribution is -2.30. The lowest BCUT2D eigenvalue weighted by Gasteiger charge is -2.23. The molecule has 0 atom stereocenters. The zero-order valence-electron chi connectivity index (χ0n) is 11.1. The number of rotatable bonds is 3. The average Bonchev–Trinajstić information content (AvgIpc) is 2.96. The highest BCUT2D eigenvalue weighted by Crippen LogP contribution is 2.50. The van der Waals surface area contributed by atoms with Crippen molar-refractivity contribution in [2.45, 2.75) is 45.6 Å². The first-order chi connectivity index (χ1) is 8.31. The molecular formula is C15H19BrO2. The Hall–Kier alpha value is -0.830. The van der Waals surface area contributed by atoms with Gasteiger partial charge in [0.05, 0.1) is 5.41 Å². The molecule has 0 heterocycles.